The summed E-state index contributed by atoms with van der Waals surface area (Å²) >= 11 is 0. The first-order valence-corrected chi connectivity index (χ1v) is 9.78. The Morgan fingerprint density at radius 2 is 2.00 bits per heavy atom. The highest BCUT2D eigenvalue weighted by Crippen LogP contribution is 2.41. The number of aromatic amines is 1. The lowest BCUT2D eigenvalue weighted by molar-refractivity contribution is -0.116. The molecule has 0 amide bonds. The summed E-state index contributed by atoms with van der Waals surface area (Å²) in [5.74, 6) is 0.829. The van der Waals surface area contributed by atoms with Crippen LogP contribution in [0.15, 0.2) is 65.1 Å². The highest BCUT2D eigenvalue weighted by Gasteiger charge is 2.24. The van der Waals surface area contributed by atoms with Crippen molar-refractivity contribution in [2.75, 3.05) is 0 Å². The number of aromatic nitrogens is 2. The first kappa shape index (κ1) is 16.3. The number of carbonyl (C=O) groups excluding carboxylic acids is 1. The molecule has 0 saturated heterocycles. The van der Waals surface area contributed by atoms with Gasteiger partial charge in [-0.05, 0) is 47.9 Å². The monoisotopic (exact) mass is 378 g/mol. The van der Waals surface area contributed by atoms with Gasteiger partial charge in [0.1, 0.15) is 11.3 Å². The molecule has 0 aliphatic heterocycles. The summed E-state index contributed by atoms with van der Waals surface area (Å²) in [6, 6.07) is 20.5. The number of oxazole rings is 1. The predicted molar refractivity (Wildman–Crippen MR) is 114 cm³/mol. The van der Waals surface area contributed by atoms with Crippen molar-refractivity contribution in [3.63, 3.8) is 0 Å². The van der Waals surface area contributed by atoms with Crippen LogP contribution in [0.3, 0.4) is 0 Å². The zero-order valence-corrected chi connectivity index (χ0v) is 16.0. The molecule has 0 unspecified atom stereocenters. The van der Waals surface area contributed by atoms with Crippen molar-refractivity contribution < 1.29 is 9.21 Å². The van der Waals surface area contributed by atoms with Gasteiger partial charge in [-0.3, -0.25) is 4.79 Å². The molecule has 1 aliphatic rings. The molecule has 0 atom stereocenters. The van der Waals surface area contributed by atoms with Gasteiger partial charge in [0.25, 0.3) is 0 Å². The molecule has 2 heterocycles. The second kappa shape index (κ2) is 5.92. The third-order valence-corrected chi connectivity index (χ3v) is 5.71. The molecule has 0 spiro atoms. The van der Waals surface area contributed by atoms with Gasteiger partial charge < -0.3 is 9.40 Å². The van der Waals surface area contributed by atoms with Crippen LogP contribution < -0.4 is 0 Å². The van der Waals surface area contributed by atoms with Crippen LogP contribution in [0.1, 0.15) is 23.6 Å². The van der Waals surface area contributed by atoms with Crippen LogP contribution in [-0.2, 0) is 17.6 Å². The average molecular weight is 378 g/mol. The fourth-order valence-electron chi connectivity index (χ4n) is 4.42. The number of nitrogens with zero attached hydrogens (tertiary/aromatic N) is 1. The number of hydrogen-bond donors (Lipinski definition) is 1. The molecule has 4 heteroatoms. The maximum absolute atomic E-state index is 11.4. The Kier molecular flexibility index (Phi) is 3.33. The minimum Gasteiger partial charge on any atom is -0.436 e. The number of fused-ring (bicyclic) bond motifs is 6. The van der Waals surface area contributed by atoms with Gasteiger partial charge in [-0.15, -0.1) is 0 Å². The zero-order chi connectivity index (χ0) is 19.5. The van der Waals surface area contributed by atoms with E-state index in [-0.39, 0.29) is 5.78 Å². The van der Waals surface area contributed by atoms with Crippen LogP contribution in [0.25, 0.3) is 44.7 Å². The molecular weight excluding hydrogens is 360 g/mol. The molecule has 1 N–H and O–H groups in total. The molecule has 3 aromatic carbocycles. The molecule has 0 fully saturated rings. The summed E-state index contributed by atoms with van der Waals surface area (Å²) < 4.78 is 5.93. The molecule has 2 aromatic heterocycles. The fraction of sp³-hybridized carbons (Fsp3) is 0.120. The zero-order valence-electron chi connectivity index (χ0n) is 16.0. The van der Waals surface area contributed by atoms with Crippen LogP contribution in [0.5, 0.6) is 0 Å². The third kappa shape index (κ3) is 2.53. The summed E-state index contributed by atoms with van der Waals surface area (Å²) in [5.41, 5.74) is 9.82. The third-order valence-electron chi connectivity index (χ3n) is 5.71. The largest absolute Gasteiger partial charge is 0.436 e. The van der Waals surface area contributed by atoms with Crippen molar-refractivity contribution >= 4 is 27.8 Å². The van der Waals surface area contributed by atoms with Gasteiger partial charge in [0.05, 0.1) is 5.69 Å². The van der Waals surface area contributed by atoms with E-state index in [1.54, 1.807) is 6.92 Å². The summed E-state index contributed by atoms with van der Waals surface area (Å²) in [4.78, 5) is 19.7. The Balaban J connectivity index is 1.43. The van der Waals surface area contributed by atoms with Gasteiger partial charge in [0, 0.05) is 34.9 Å². The molecule has 0 saturated carbocycles. The van der Waals surface area contributed by atoms with E-state index < -0.39 is 0 Å². The standard InChI is InChI=1S/C25H18N2O2/c1-14(28)10-15-6-8-18-17(11-15)12-20-19-9-7-16(13-22(19)26-24(18)20)25-27-21-4-2-3-5-23(21)29-25/h2-9,11,13,26H,10,12H2,1H3. The van der Waals surface area contributed by atoms with Gasteiger partial charge in [0.2, 0.25) is 5.89 Å². The van der Waals surface area contributed by atoms with Crippen molar-refractivity contribution in [1.82, 2.24) is 9.97 Å². The van der Waals surface area contributed by atoms with E-state index in [0.717, 1.165) is 34.2 Å². The van der Waals surface area contributed by atoms with Crippen LogP contribution in [0.4, 0.5) is 0 Å². The van der Waals surface area contributed by atoms with Gasteiger partial charge in [0.15, 0.2) is 5.58 Å². The van der Waals surface area contributed by atoms with Crippen LogP contribution >= 0.6 is 0 Å². The van der Waals surface area contributed by atoms with E-state index in [9.17, 15) is 4.79 Å². The molecule has 0 bridgehead atoms. The molecule has 29 heavy (non-hydrogen) atoms. The maximum atomic E-state index is 11.4. The van der Waals surface area contributed by atoms with E-state index in [1.165, 1.54) is 27.8 Å². The Labute approximate surface area is 167 Å². The number of H-pyrrole nitrogens is 1. The number of rotatable bonds is 3. The summed E-state index contributed by atoms with van der Waals surface area (Å²) in [7, 11) is 0. The van der Waals surface area contributed by atoms with Crippen molar-refractivity contribution in [1.29, 1.82) is 0 Å². The normalized spacial score (nSPS) is 12.4. The lowest BCUT2D eigenvalue weighted by Crippen LogP contribution is -1.97. The number of hydrogen-bond acceptors (Lipinski definition) is 3. The molecule has 0 radical (unpaired) electrons. The summed E-state index contributed by atoms with van der Waals surface area (Å²) in [6.07, 6.45) is 1.38. The van der Waals surface area contributed by atoms with Gasteiger partial charge in [-0.25, -0.2) is 4.98 Å². The number of carbonyl (C=O) groups is 1. The second-order valence-electron chi connectivity index (χ2n) is 7.77. The van der Waals surface area contributed by atoms with Gasteiger partial charge in [-0.1, -0.05) is 36.4 Å². The Morgan fingerprint density at radius 1 is 1.10 bits per heavy atom. The van der Waals surface area contributed by atoms with Crippen molar-refractivity contribution in [3.05, 3.63) is 77.4 Å². The first-order valence-electron chi connectivity index (χ1n) is 9.78. The lowest BCUT2D eigenvalue weighted by atomic mass is 10.0. The Hall–Kier alpha value is -3.66. The van der Waals surface area contributed by atoms with Crippen molar-refractivity contribution in [3.8, 4) is 22.7 Å². The molecule has 140 valence electrons. The quantitative estimate of drug-likeness (QED) is 0.431. The van der Waals surface area contributed by atoms with E-state index in [4.69, 9.17) is 4.42 Å². The van der Waals surface area contributed by atoms with Gasteiger partial charge in [-0.2, -0.15) is 0 Å². The number of benzene rings is 3. The fourth-order valence-corrected chi connectivity index (χ4v) is 4.42. The van der Waals surface area contributed by atoms with E-state index in [2.05, 4.69) is 46.4 Å². The number of ketones is 1. The topological polar surface area (TPSA) is 58.9 Å². The van der Waals surface area contributed by atoms with E-state index in [1.807, 2.05) is 24.3 Å². The Bertz CT molecular complexity index is 1410. The van der Waals surface area contributed by atoms with Crippen LogP contribution in [0.2, 0.25) is 0 Å². The minimum absolute atomic E-state index is 0.193. The highest BCUT2D eigenvalue weighted by atomic mass is 16.3. The molecule has 1 aliphatic carbocycles. The summed E-state index contributed by atoms with van der Waals surface area (Å²) in [6.45, 7) is 1.64. The minimum atomic E-state index is 0.193. The number of Topliss-reactive ketones (excluding diaryl/α,β-unsaturated/α-hetero) is 1. The first-order chi connectivity index (χ1) is 14.2. The highest BCUT2D eigenvalue weighted by molar-refractivity contribution is 5.96. The predicted octanol–water partition coefficient (Wildman–Crippen LogP) is 5.68. The second-order valence-corrected chi connectivity index (χ2v) is 7.77. The average Bonchev–Trinajstić information content (AvgIpc) is 3.37. The number of para-hydroxylation sites is 2. The molecular formula is C25H18N2O2. The van der Waals surface area contributed by atoms with Gasteiger partial charge >= 0.3 is 0 Å². The molecule has 5 aromatic rings. The molecule has 4 nitrogen and oxygen atoms in total. The van der Waals surface area contributed by atoms with Crippen LogP contribution in [0, 0.1) is 0 Å². The van der Waals surface area contributed by atoms with Crippen molar-refractivity contribution in [2.24, 2.45) is 0 Å². The Morgan fingerprint density at radius 3 is 2.86 bits per heavy atom. The van der Waals surface area contributed by atoms with E-state index >= 15 is 0 Å². The number of nitrogens with one attached hydrogen (secondary N) is 1. The van der Waals surface area contributed by atoms with E-state index in [0.29, 0.717) is 12.3 Å². The van der Waals surface area contributed by atoms with Crippen molar-refractivity contribution in [2.45, 2.75) is 19.8 Å². The summed E-state index contributed by atoms with van der Waals surface area (Å²) in [5, 5.41) is 1.23. The SMILES string of the molecule is CC(=O)Cc1ccc2c(c1)Cc1c-2[nH]c2cc(-c3nc4ccccc4o3)ccc12. The lowest BCUT2D eigenvalue weighted by Gasteiger charge is -2.04. The smallest absolute Gasteiger partial charge is 0.227 e. The molecule has 6 rings (SSSR count). The van der Waals surface area contributed by atoms with Crippen LogP contribution in [-0.4, -0.2) is 15.8 Å². The maximum Gasteiger partial charge on any atom is 0.227 e.